The summed E-state index contributed by atoms with van der Waals surface area (Å²) in [7, 11) is 0. The van der Waals surface area contributed by atoms with Crippen LogP contribution in [0.25, 0.3) is 27.9 Å². The SMILES string of the molecule is CC(C)(C)OC(=O)N(C(=O)OC(C)(C)C)c1ncnc2c1c(-c1ccc(N)c3nccn13)cn2CCC(=O)O. The first-order valence-electron chi connectivity index (χ1n) is 12.2. The molecule has 0 bridgehead atoms. The van der Waals surface area contributed by atoms with Crippen molar-refractivity contribution in [1.29, 1.82) is 0 Å². The molecule has 0 saturated carbocycles. The van der Waals surface area contributed by atoms with Crippen LogP contribution in [0.5, 0.6) is 0 Å². The molecule has 0 aliphatic carbocycles. The number of pyridine rings is 1. The Bertz CT molecular complexity index is 1550. The molecule has 0 aromatic carbocycles. The highest BCUT2D eigenvalue weighted by atomic mass is 16.6. The molecule has 13 nitrogen and oxygen atoms in total. The number of carbonyl (C=O) groups excluding carboxylic acids is 2. The van der Waals surface area contributed by atoms with Gasteiger partial charge in [-0.15, -0.1) is 0 Å². The quantitative estimate of drug-likeness (QED) is 0.370. The van der Waals surface area contributed by atoms with Gasteiger partial charge in [-0.3, -0.25) is 9.20 Å². The van der Waals surface area contributed by atoms with Gasteiger partial charge in [0.15, 0.2) is 11.5 Å². The van der Waals surface area contributed by atoms with Gasteiger partial charge in [0.2, 0.25) is 0 Å². The summed E-state index contributed by atoms with van der Waals surface area (Å²) >= 11 is 0. The van der Waals surface area contributed by atoms with Crippen molar-refractivity contribution in [3.63, 3.8) is 0 Å². The number of fused-ring (bicyclic) bond motifs is 2. The number of hydrogen-bond acceptors (Lipinski definition) is 9. The van der Waals surface area contributed by atoms with E-state index in [1.54, 1.807) is 81.2 Å². The van der Waals surface area contributed by atoms with Crippen molar-refractivity contribution in [3.05, 3.63) is 37.1 Å². The third kappa shape index (κ3) is 5.76. The Morgan fingerprint density at radius 1 is 0.974 bits per heavy atom. The number of aryl methyl sites for hydroxylation is 1. The highest BCUT2D eigenvalue weighted by Crippen LogP contribution is 2.37. The van der Waals surface area contributed by atoms with Gasteiger partial charge in [0.25, 0.3) is 0 Å². The summed E-state index contributed by atoms with van der Waals surface area (Å²) in [4.78, 5) is 52.0. The maximum absolute atomic E-state index is 13.4. The molecule has 0 spiro atoms. The van der Waals surface area contributed by atoms with Crippen molar-refractivity contribution in [1.82, 2.24) is 23.9 Å². The second kappa shape index (κ2) is 9.89. The van der Waals surface area contributed by atoms with Crippen LogP contribution >= 0.6 is 0 Å². The molecule has 0 fully saturated rings. The van der Waals surface area contributed by atoms with Gasteiger partial charge in [-0.05, 0) is 53.7 Å². The fraction of sp³-hybridized carbons (Fsp3) is 0.385. The molecule has 13 heteroatoms. The van der Waals surface area contributed by atoms with Gasteiger partial charge in [0, 0.05) is 30.7 Å². The van der Waals surface area contributed by atoms with E-state index >= 15 is 0 Å². The molecule has 2 amide bonds. The predicted octanol–water partition coefficient (Wildman–Crippen LogP) is 4.48. The number of aliphatic carboxylic acids is 1. The lowest BCUT2D eigenvalue weighted by Gasteiger charge is -2.28. The van der Waals surface area contributed by atoms with E-state index in [9.17, 15) is 19.5 Å². The summed E-state index contributed by atoms with van der Waals surface area (Å²) < 4.78 is 14.5. The van der Waals surface area contributed by atoms with E-state index in [4.69, 9.17) is 15.2 Å². The number of imidazole rings is 1. The lowest BCUT2D eigenvalue weighted by atomic mass is 10.1. The van der Waals surface area contributed by atoms with Crippen molar-refractivity contribution >= 4 is 46.3 Å². The molecule has 0 aliphatic rings. The molecular weight excluding hydrogens is 506 g/mol. The van der Waals surface area contributed by atoms with Crippen molar-refractivity contribution in [2.45, 2.75) is 65.7 Å². The zero-order chi connectivity index (χ0) is 28.7. The largest absolute Gasteiger partial charge is 0.481 e. The summed E-state index contributed by atoms with van der Waals surface area (Å²) in [6, 6.07) is 3.43. The fourth-order valence-electron chi connectivity index (χ4n) is 3.97. The maximum atomic E-state index is 13.4. The van der Waals surface area contributed by atoms with Gasteiger partial charge in [0.05, 0.1) is 23.2 Å². The van der Waals surface area contributed by atoms with E-state index in [-0.39, 0.29) is 18.8 Å². The highest BCUT2D eigenvalue weighted by Gasteiger charge is 2.36. The van der Waals surface area contributed by atoms with Crippen LogP contribution < -0.4 is 10.6 Å². The molecule has 4 aromatic heterocycles. The van der Waals surface area contributed by atoms with Crippen LogP contribution in [-0.2, 0) is 20.8 Å². The molecule has 39 heavy (non-hydrogen) atoms. The van der Waals surface area contributed by atoms with Gasteiger partial charge in [-0.25, -0.2) is 24.5 Å². The number of carboxylic acid groups (broad SMARTS) is 1. The molecule has 4 aromatic rings. The van der Waals surface area contributed by atoms with Crippen LogP contribution in [0.4, 0.5) is 21.1 Å². The van der Waals surface area contributed by atoms with Crippen LogP contribution in [0.15, 0.2) is 37.1 Å². The average Bonchev–Trinajstić information content (AvgIpc) is 3.42. The summed E-state index contributed by atoms with van der Waals surface area (Å²) in [6.07, 6.45) is 4.01. The second-order valence-corrected chi connectivity index (χ2v) is 10.9. The Hall–Kier alpha value is -4.68. The first kappa shape index (κ1) is 27.4. The van der Waals surface area contributed by atoms with Crippen LogP contribution in [0.3, 0.4) is 0 Å². The Morgan fingerprint density at radius 3 is 2.21 bits per heavy atom. The average molecular weight is 538 g/mol. The fourth-order valence-corrected chi connectivity index (χ4v) is 3.97. The standard InChI is InChI=1S/C26H31N7O6/c1-25(2,3)38-23(36)33(24(37)39-26(4,5)6)22-19-15(17-8-7-16(27)20-28-10-12-32(17)20)13-31(11-9-18(34)35)21(19)29-14-30-22/h7-8,10,12-14H,9,11,27H2,1-6H3,(H,34,35). The third-order valence-electron chi connectivity index (χ3n) is 5.42. The second-order valence-electron chi connectivity index (χ2n) is 10.9. The summed E-state index contributed by atoms with van der Waals surface area (Å²) in [5.74, 6) is -1.08. The van der Waals surface area contributed by atoms with Crippen molar-refractivity contribution in [3.8, 4) is 11.3 Å². The predicted molar refractivity (Wildman–Crippen MR) is 143 cm³/mol. The number of anilines is 2. The normalized spacial score (nSPS) is 12.1. The van der Waals surface area contributed by atoms with Crippen molar-refractivity contribution < 1.29 is 29.0 Å². The zero-order valence-electron chi connectivity index (χ0n) is 22.6. The molecule has 0 saturated heterocycles. The molecule has 206 valence electrons. The summed E-state index contributed by atoms with van der Waals surface area (Å²) in [5, 5.41) is 9.62. The van der Waals surface area contributed by atoms with Gasteiger partial charge < -0.3 is 24.9 Å². The number of rotatable bonds is 5. The Kier molecular flexibility index (Phi) is 6.94. The highest BCUT2D eigenvalue weighted by molar-refractivity contribution is 6.15. The molecule has 4 heterocycles. The Balaban J connectivity index is 2.02. The minimum Gasteiger partial charge on any atom is -0.481 e. The molecule has 0 unspecified atom stereocenters. The monoisotopic (exact) mass is 537 g/mol. The lowest BCUT2D eigenvalue weighted by Crippen LogP contribution is -2.44. The number of nitrogens with zero attached hydrogens (tertiary/aromatic N) is 6. The number of aromatic nitrogens is 5. The summed E-state index contributed by atoms with van der Waals surface area (Å²) in [5.41, 5.74) is 6.60. The van der Waals surface area contributed by atoms with Crippen LogP contribution in [0.1, 0.15) is 48.0 Å². The maximum Gasteiger partial charge on any atom is 0.425 e. The molecule has 0 atom stereocenters. The number of carbonyl (C=O) groups is 3. The number of nitrogen functional groups attached to an aromatic ring is 1. The molecule has 0 aliphatic heterocycles. The minimum absolute atomic E-state index is 0.0726. The number of amides is 2. The van der Waals surface area contributed by atoms with Crippen molar-refractivity contribution in [2.24, 2.45) is 0 Å². The molecular formula is C26H31N7O6. The van der Waals surface area contributed by atoms with Gasteiger partial charge in [-0.2, -0.15) is 4.90 Å². The number of hydrogen-bond donors (Lipinski definition) is 2. The van der Waals surface area contributed by atoms with E-state index in [1.807, 2.05) is 0 Å². The van der Waals surface area contributed by atoms with Gasteiger partial charge >= 0.3 is 18.2 Å². The number of imide groups is 1. The van der Waals surface area contributed by atoms with Crippen LogP contribution in [0, 0.1) is 0 Å². The van der Waals surface area contributed by atoms with Crippen LogP contribution in [0.2, 0.25) is 0 Å². The van der Waals surface area contributed by atoms with E-state index in [1.165, 1.54) is 6.33 Å². The number of nitrogens with two attached hydrogens (primary N) is 1. The number of ether oxygens (including phenoxy) is 2. The Morgan fingerprint density at radius 2 is 1.62 bits per heavy atom. The molecule has 3 N–H and O–H groups in total. The van der Waals surface area contributed by atoms with E-state index in [0.717, 1.165) is 4.90 Å². The van der Waals surface area contributed by atoms with Crippen LogP contribution in [-0.4, -0.2) is 58.4 Å². The molecule has 4 rings (SSSR count). The Labute approximate surface area is 224 Å². The van der Waals surface area contributed by atoms with E-state index in [0.29, 0.717) is 33.6 Å². The molecule has 0 radical (unpaired) electrons. The third-order valence-corrected chi connectivity index (χ3v) is 5.42. The smallest absolute Gasteiger partial charge is 0.425 e. The lowest BCUT2D eigenvalue weighted by molar-refractivity contribution is -0.137. The van der Waals surface area contributed by atoms with E-state index < -0.39 is 29.4 Å². The minimum atomic E-state index is -0.999. The van der Waals surface area contributed by atoms with E-state index in [2.05, 4.69) is 15.0 Å². The van der Waals surface area contributed by atoms with Gasteiger partial charge in [0.1, 0.15) is 23.2 Å². The number of carboxylic acids is 1. The van der Waals surface area contributed by atoms with Gasteiger partial charge in [-0.1, -0.05) is 0 Å². The first-order valence-corrected chi connectivity index (χ1v) is 12.2. The zero-order valence-corrected chi connectivity index (χ0v) is 22.6. The summed E-state index contributed by atoms with van der Waals surface area (Å²) in [6.45, 7) is 10.1. The van der Waals surface area contributed by atoms with Crippen molar-refractivity contribution in [2.75, 3.05) is 10.6 Å². The topological polar surface area (TPSA) is 167 Å². The first-order chi connectivity index (χ1) is 18.2.